The summed E-state index contributed by atoms with van der Waals surface area (Å²) in [5, 5.41) is 0. The fourth-order valence-electron chi connectivity index (χ4n) is 6.76. The molecule has 270 valence electrons. The molecule has 4 aliphatic rings. The van der Waals surface area contributed by atoms with Gasteiger partial charge in [-0.15, -0.1) is 0 Å². The SMILES string of the molecule is COC(=O)[C@@H]1O[C@H](O[C@H]2C=CC34CCN(C)Cc5ccc(OC)c(c53)O[C@H]4C2)[C@@H](OC(=O)C(C)C)[C@H](OC(=O)C(C)C)[C@H]1OC(=O)C(C)C. The van der Waals surface area contributed by atoms with Gasteiger partial charge in [-0.05, 0) is 31.6 Å². The summed E-state index contributed by atoms with van der Waals surface area (Å²) in [6.07, 6.45) is -3.10. The van der Waals surface area contributed by atoms with E-state index in [-0.39, 0.29) is 6.10 Å². The van der Waals surface area contributed by atoms with Crippen LogP contribution in [-0.4, -0.2) is 99.5 Å². The summed E-state index contributed by atoms with van der Waals surface area (Å²) in [6, 6.07) is 4.01. The van der Waals surface area contributed by atoms with Crippen molar-refractivity contribution < 1.29 is 57.1 Å². The summed E-state index contributed by atoms with van der Waals surface area (Å²) in [4.78, 5) is 54.6. The lowest BCUT2D eigenvalue weighted by molar-refractivity contribution is -0.310. The molecular weight excluding hydrogens is 638 g/mol. The van der Waals surface area contributed by atoms with Gasteiger partial charge in [0.2, 0.25) is 6.29 Å². The van der Waals surface area contributed by atoms with Gasteiger partial charge in [0.05, 0.1) is 43.5 Å². The van der Waals surface area contributed by atoms with Crippen LogP contribution in [0.25, 0.3) is 0 Å². The van der Waals surface area contributed by atoms with Crippen LogP contribution in [0.15, 0.2) is 24.3 Å². The minimum atomic E-state index is -1.56. The van der Waals surface area contributed by atoms with E-state index in [2.05, 4.69) is 24.1 Å². The number of methoxy groups -OCH3 is 2. The third-order valence-corrected chi connectivity index (χ3v) is 9.54. The molecule has 13 heteroatoms. The van der Waals surface area contributed by atoms with Crippen molar-refractivity contribution in [2.45, 2.75) is 109 Å². The highest BCUT2D eigenvalue weighted by Crippen LogP contribution is 2.56. The largest absolute Gasteiger partial charge is 0.493 e. The van der Waals surface area contributed by atoms with Gasteiger partial charge in [-0.3, -0.25) is 14.4 Å². The first-order chi connectivity index (χ1) is 23.2. The lowest BCUT2D eigenvalue weighted by atomic mass is 9.69. The van der Waals surface area contributed by atoms with Crippen LogP contribution in [0.1, 0.15) is 65.5 Å². The molecule has 13 nitrogen and oxygen atoms in total. The molecule has 1 unspecified atom stereocenters. The van der Waals surface area contributed by atoms with Crippen LogP contribution in [0.4, 0.5) is 0 Å². The molecule has 1 aromatic rings. The summed E-state index contributed by atoms with van der Waals surface area (Å²) in [5.41, 5.74) is 1.84. The monoisotopic (exact) mass is 687 g/mol. The topological polar surface area (TPSA) is 145 Å². The smallest absolute Gasteiger partial charge is 0.339 e. The maximum atomic E-state index is 13.2. The van der Waals surface area contributed by atoms with Crippen LogP contribution in [0, 0.1) is 17.8 Å². The summed E-state index contributed by atoms with van der Waals surface area (Å²) in [7, 11) is 4.87. The Kier molecular flexibility index (Phi) is 10.9. The minimum Gasteiger partial charge on any atom is -0.493 e. The van der Waals surface area contributed by atoms with Crippen LogP contribution in [0.3, 0.4) is 0 Å². The molecule has 0 N–H and O–H groups in total. The van der Waals surface area contributed by atoms with Gasteiger partial charge in [0.15, 0.2) is 35.9 Å². The Morgan fingerprint density at radius 1 is 0.878 bits per heavy atom. The second-order valence-corrected chi connectivity index (χ2v) is 14.2. The highest BCUT2D eigenvalue weighted by molar-refractivity contribution is 5.78. The lowest BCUT2D eigenvalue weighted by Gasteiger charge is -2.45. The van der Waals surface area contributed by atoms with Crippen molar-refractivity contribution in [2.75, 3.05) is 27.8 Å². The fourth-order valence-corrected chi connectivity index (χ4v) is 6.76. The predicted octanol–water partition coefficient (Wildman–Crippen LogP) is 3.48. The van der Waals surface area contributed by atoms with Crippen molar-refractivity contribution in [3.05, 3.63) is 35.4 Å². The van der Waals surface area contributed by atoms with Crippen LogP contribution in [0.5, 0.6) is 11.5 Å². The van der Waals surface area contributed by atoms with E-state index < -0.39 is 83.9 Å². The molecule has 49 heavy (non-hydrogen) atoms. The molecule has 0 radical (unpaired) electrons. The van der Waals surface area contributed by atoms with Gasteiger partial charge in [0.25, 0.3) is 0 Å². The second-order valence-electron chi connectivity index (χ2n) is 14.2. The number of nitrogens with zero attached hydrogens (tertiary/aromatic N) is 1. The van der Waals surface area contributed by atoms with Gasteiger partial charge < -0.3 is 42.8 Å². The molecule has 1 fully saturated rings. The third-order valence-electron chi connectivity index (χ3n) is 9.54. The van der Waals surface area contributed by atoms with E-state index in [0.717, 1.165) is 37.7 Å². The number of carbonyl (C=O) groups excluding carboxylic acids is 4. The van der Waals surface area contributed by atoms with Gasteiger partial charge >= 0.3 is 23.9 Å². The van der Waals surface area contributed by atoms with Gasteiger partial charge in [-0.2, -0.15) is 0 Å². The van der Waals surface area contributed by atoms with Crippen molar-refractivity contribution in [1.29, 1.82) is 0 Å². The molecule has 3 heterocycles. The lowest BCUT2D eigenvalue weighted by Crippen LogP contribution is -2.65. The minimum absolute atomic E-state index is 0.329. The number of carbonyl (C=O) groups is 4. The Morgan fingerprint density at radius 2 is 1.49 bits per heavy atom. The molecule has 3 aliphatic heterocycles. The molecule has 0 aromatic heterocycles. The number of benzene rings is 1. The van der Waals surface area contributed by atoms with Gasteiger partial charge in [-0.1, -0.05) is 59.8 Å². The van der Waals surface area contributed by atoms with Gasteiger partial charge in [0, 0.05) is 18.5 Å². The van der Waals surface area contributed by atoms with Crippen LogP contribution in [0.2, 0.25) is 0 Å². The number of rotatable bonds is 10. The maximum Gasteiger partial charge on any atom is 0.339 e. The Balaban J connectivity index is 1.52. The van der Waals surface area contributed by atoms with E-state index in [1.54, 1.807) is 48.7 Å². The zero-order valence-electron chi connectivity index (χ0n) is 29.8. The molecular formula is C36H49NO12. The molecule has 0 saturated carbocycles. The van der Waals surface area contributed by atoms with Crippen molar-refractivity contribution in [2.24, 2.45) is 17.8 Å². The quantitative estimate of drug-likeness (QED) is 0.201. The first-order valence-corrected chi connectivity index (χ1v) is 17.0. The van der Waals surface area contributed by atoms with E-state index >= 15 is 0 Å². The van der Waals surface area contributed by atoms with Crippen molar-refractivity contribution >= 4 is 23.9 Å². The van der Waals surface area contributed by atoms with E-state index in [4.69, 9.17) is 37.9 Å². The number of hydrogen-bond acceptors (Lipinski definition) is 13. The molecule has 0 amide bonds. The summed E-state index contributed by atoms with van der Waals surface area (Å²) in [5.74, 6) is -3.26. The van der Waals surface area contributed by atoms with Gasteiger partial charge in [0.1, 0.15) is 6.10 Å². The third kappa shape index (κ3) is 7.16. The predicted molar refractivity (Wildman–Crippen MR) is 173 cm³/mol. The zero-order chi connectivity index (χ0) is 35.8. The molecule has 1 aliphatic carbocycles. The number of ether oxygens (including phenoxy) is 8. The van der Waals surface area contributed by atoms with Crippen molar-refractivity contribution in [1.82, 2.24) is 4.90 Å². The van der Waals surface area contributed by atoms with Crippen LogP contribution >= 0.6 is 0 Å². The molecule has 1 spiro atoms. The number of hydrogen-bond donors (Lipinski definition) is 0. The molecule has 8 atom stereocenters. The first-order valence-electron chi connectivity index (χ1n) is 17.0. The van der Waals surface area contributed by atoms with E-state index in [1.165, 1.54) is 0 Å². The summed E-state index contributed by atoms with van der Waals surface area (Å²) in [6.45, 7) is 11.4. The Morgan fingerprint density at radius 3 is 2.08 bits per heavy atom. The zero-order valence-corrected chi connectivity index (χ0v) is 29.8. The van der Waals surface area contributed by atoms with Crippen molar-refractivity contribution in [3.63, 3.8) is 0 Å². The van der Waals surface area contributed by atoms with E-state index in [9.17, 15) is 19.2 Å². The average molecular weight is 688 g/mol. The Labute approximate surface area is 287 Å². The summed E-state index contributed by atoms with van der Waals surface area (Å²) >= 11 is 0. The van der Waals surface area contributed by atoms with E-state index in [1.807, 2.05) is 12.1 Å². The van der Waals surface area contributed by atoms with Crippen LogP contribution in [-0.2, 0) is 59.6 Å². The molecule has 0 bridgehead atoms. The Hall–Kier alpha value is -3.68. The molecule has 1 aromatic carbocycles. The molecule has 1 saturated heterocycles. The number of esters is 4. The average Bonchev–Trinajstić information content (AvgIpc) is 3.32. The van der Waals surface area contributed by atoms with Crippen molar-refractivity contribution in [3.8, 4) is 11.5 Å². The van der Waals surface area contributed by atoms with Gasteiger partial charge in [-0.25, -0.2) is 4.79 Å². The normalized spacial score (nSPS) is 30.6. The van der Waals surface area contributed by atoms with Crippen LogP contribution < -0.4 is 9.47 Å². The standard InChI is InChI=1S/C36H49NO12/c1-18(2)31(38)46-27-28(47-32(39)19(3)4)30(48-33(40)20(5)6)35(49-29(27)34(41)43-9)44-22-12-13-36-14-15-37(7)17-21-10-11-23(42-8)26(25(21)36)45-24(36)16-22/h10-13,18-20,22,24,27-30,35H,14-17H2,1-9H3/t22-,24-,27+,28+,29+,30-,35-,36?/m0/s1. The Bertz CT molecular complexity index is 1460. The second kappa shape index (κ2) is 14.7. The summed E-state index contributed by atoms with van der Waals surface area (Å²) < 4.78 is 47.6. The first kappa shape index (κ1) is 36.6. The fraction of sp³-hybridized carbons (Fsp3) is 0.667. The maximum absolute atomic E-state index is 13.2. The highest BCUT2D eigenvalue weighted by Gasteiger charge is 2.58. The van der Waals surface area contributed by atoms with E-state index in [0.29, 0.717) is 17.9 Å². The molecule has 5 rings (SSSR count). The highest BCUT2D eigenvalue weighted by atomic mass is 16.7.